The Bertz CT molecular complexity index is 802. The predicted molar refractivity (Wildman–Crippen MR) is 75.2 cm³/mol. The monoisotopic (exact) mass is 302 g/mol. The highest BCUT2D eigenvalue weighted by atomic mass is 19.2. The minimum Gasteiger partial charge on any atom is -0.484 e. The maximum Gasteiger partial charge on any atom is 0.264 e. The lowest BCUT2D eigenvalue weighted by Gasteiger charge is -2.03. The van der Waals surface area contributed by atoms with Crippen LogP contribution in [-0.2, 0) is 6.61 Å². The molecule has 0 radical (unpaired) electrons. The van der Waals surface area contributed by atoms with Crippen LogP contribution < -0.4 is 4.74 Å². The minimum atomic E-state index is -0.969. The molecule has 0 unspecified atom stereocenters. The molecule has 112 valence electrons. The fourth-order valence-electron chi connectivity index (χ4n) is 1.96. The molecule has 0 N–H and O–H groups in total. The van der Waals surface area contributed by atoms with E-state index in [9.17, 15) is 8.78 Å². The molecule has 4 nitrogen and oxygen atoms in total. The number of aromatic nitrogens is 2. The second-order valence-electron chi connectivity index (χ2n) is 4.69. The molecule has 0 fully saturated rings. The van der Waals surface area contributed by atoms with Crippen molar-refractivity contribution in [3.63, 3.8) is 0 Å². The first-order valence-electron chi connectivity index (χ1n) is 6.60. The van der Waals surface area contributed by atoms with E-state index in [-0.39, 0.29) is 18.2 Å². The number of hydrogen-bond donors (Lipinski definition) is 0. The molecule has 1 heterocycles. The second kappa shape index (κ2) is 5.93. The van der Waals surface area contributed by atoms with Crippen molar-refractivity contribution in [1.82, 2.24) is 10.1 Å². The van der Waals surface area contributed by atoms with E-state index in [0.717, 1.165) is 23.3 Å². The van der Waals surface area contributed by atoms with Crippen LogP contribution in [0.2, 0.25) is 0 Å². The van der Waals surface area contributed by atoms with Crippen LogP contribution in [-0.4, -0.2) is 10.1 Å². The van der Waals surface area contributed by atoms with Crippen LogP contribution >= 0.6 is 0 Å². The van der Waals surface area contributed by atoms with Crippen molar-refractivity contribution in [2.45, 2.75) is 13.5 Å². The molecule has 0 bridgehead atoms. The van der Waals surface area contributed by atoms with Gasteiger partial charge < -0.3 is 9.26 Å². The minimum absolute atomic E-state index is 0.0239. The molecule has 0 saturated heterocycles. The Morgan fingerprint density at radius 1 is 1.09 bits per heavy atom. The number of benzene rings is 2. The molecule has 3 rings (SSSR count). The maximum atomic E-state index is 13.1. The standard InChI is InChI=1S/C16H12F2N2O2/c1-10-4-2-3-5-12(10)16-19-15(22-20-16)9-21-11-6-7-13(17)14(18)8-11/h2-8H,9H2,1H3. The van der Waals surface area contributed by atoms with Crippen molar-refractivity contribution < 1.29 is 18.0 Å². The van der Waals surface area contributed by atoms with Crippen LogP contribution in [0.15, 0.2) is 47.0 Å². The van der Waals surface area contributed by atoms with Crippen molar-refractivity contribution in [2.75, 3.05) is 0 Å². The normalized spacial score (nSPS) is 10.7. The topological polar surface area (TPSA) is 48.2 Å². The highest BCUT2D eigenvalue weighted by molar-refractivity contribution is 5.58. The summed E-state index contributed by atoms with van der Waals surface area (Å²) in [5, 5.41) is 3.89. The van der Waals surface area contributed by atoms with Crippen LogP contribution in [0.5, 0.6) is 5.75 Å². The number of nitrogens with zero attached hydrogens (tertiary/aromatic N) is 2. The molecule has 0 amide bonds. The first-order chi connectivity index (χ1) is 10.6. The van der Waals surface area contributed by atoms with E-state index in [2.05, 4.69) is 10.1 Å². The van der Waals surface area contributed by atoms with Crippen LogP contribution in [0.1, 0.15) is 11.5 Å². The Labute approximate surface area is 125 Å². The number of ether oxygens (including phenoxy) is 1. The van der Waals surface area contributed by atoms with Gasteiger partial charge in [0.05, 0.1) is 0 Å². The summed E-state index contributed by atoms with van der Waals surface area (Å²) in [7, 11) is 0. The first-order valence-corrected chi connectivity index (χ1v) is 6.60. The zero-order valence-electron chi connectivity index (χ0n) is 11.7. The van der Waals surface area contributed by atoms with Gasteiger partial charge in [0.2, 0.25) is 5.82 Å². The Morgan fingerprint density at radius 2 is 1.91 bits per heavy atom. The van der Waals surface area contributed by atoms with Crippen molar-refractivity contribution in [1.29, 1.82) is 0 Å². The lowest BCUT2D eigenvalue weighted by Crippen LogP contribution is -1.97. The fourth-order valence-corrected chi connectivity index (χ4v) is 1.96. The molecule has 3 aromatic rings. The van der Waals surface area contributed by atoms with Crippen molar-refractivity contribution in [2.24, 2.45) is 0 Å². The Morgan fingerprint density at radius 3 is 2.68 bits per heavy atom. The molecule has 0 aliphatic rings. The molecule has 0 atom stereocenters. The zero-order valence-corrected chi connectivity index (χ0v) is 11.7. The van der Waals surface area contributed by atoms with E-state index in [4.69, 9.17) is 9.26 Å². The SMILES string of the molecule is Cc1ccccc1-c1noc(COc2ccc(F)c(F)c2)n1. The fraction of sp³-hybridized carbons (Fsp3) is 0.125. The third-order valence-electron chi connectivity index (χ3n) is 3.11. The summed E-state index contributed by atoms with van der Waals surface area (Å²) in [6.07, 6.45) is 0. The summed E-state index contributed by atoms with van der Waals surface area (Å²) < 4.78 is 36.3. The van der Waals surface area contributed by atoms with Gasteiger partial charge in [0.25, 0.3) is 5.89 Å². The van der Waals surface area contributed by atoms with E-state index >= 15 is 0 Å². The average Bonchev–Trinajstić information content (AvgIpc) is 2.98. The van der Waals surface area contributed by atoms with Gasteiger partial charge in [-0.15, -0.1) is 0 Å². The third-order valence-corrected chi connectivity index (χ3v) is 3.11. The first kappa shape index (κ1) is 14.2. The summed E-state index contributed by atoms with van der Waals surface area (Å²) in [4.78, 5) is 4.23. The number of rotatable bonds is 4. The van der Waals surface area contributed by atoms with Crippen LogP contribution in [0.4, 0.5) is 8.78 Å². The molecule has 0 spiro atoms. The Balaban J connectivity index is 1.72. The van der Waals surface area contributed by atoms with Gasteiger partial charge in [-0.3, -0.25) is 0 Å². The van der Waals surface area contributed by atoms with Gasteiger partial charge in [-0.05, 0) is 24.6 Å². The molecule has 1 aromatic heterocycles. The third kappa shape index (κ3) is 2.95. The Hall–Kier alpha value is -2.76. The largest absolute Gasteiger partial charge is 0.484 e. The van der Waals surface area contributed by atoms with E-state index in [0.29, 0.717) is 5.82 Å². The van der Waals surface area contributed by atoms with Gasteiger partial charge in [-0.1, -0.05) is 29.4 Å². The van der Waals surface area contributed by atoms with E-state index in [1.54, 1.807) is 0 Å². The van der Waals surface area contributed by atoms with Gasteiger partial charge in [0.1, 0.15) is 5.75 Å². The van der Waals surface area contributed by atoms with Crippen LogP contribution in [0, 0.1) is 18.6 Å². The predicted octanol–water partition coefficient (Wildman–Crippen LogP) is 3.90. The summed E-state index contributed by atoms with van der Waals surface area (Å²) in [5.41, 5.74) is 1.89. The summed E-state index contributed by atoms with van der Waals surface area (Å²) in [6.45, 7) is 1.92. The van der Waals surface area contributed by atoms with Gasteiger partial charge >= 0.3 is 0 Å². The molecule has 6 heteroatoms. The lowest BCUT2D eigenvalue weighted by molar-refractivity contribution is 0.241. The van der Waals surface area contributed by atoms with Crippen molar-refractivity contribution >= 4 is 0 Å². The molecule has 0 aliphatic carbocycles. The smallest absolute Gasteiger partial charge is 0.264 e. The summed E-state index contributed by atoms with van der Waals surface area (Å²) in [6, 6.07) is 10.9. The molecule has 0 saturated carbocycles. The quantitative estimate of drug-likeness (QED) is 0.733. The lowest BCUT2D eigenvalue weighted by atomic mass is 10.1. The maximum absolute atomic E-state index is 13.1. The highest BCUT2D eigenvalue weighted by Crippen LogP contribution is 2.21. The second-order valence-corrected chi connectivity index (χ2v) is 4.69. The molecule has 0 aliphatic heterocycles. The van der Waals surface area contributed by atoms with E-state index in [1.807, 2.05) is 31.2 Å². The Kier molecular flexibility index (Phi) is 3.82. The van der Waals surface area contributed by atoms with Gasteiger partial charge in [-0.2, -0.15) is 4.98 Å². The van der Waals surface area contributed by atoms with Crippen LogP contribution in [0.25, 0.3) is 11.4 Å². The van der Waals surface area contributed by atoms with Crippen LogP contribution in [0.3, 0.4) is 0 Å². The summed E-state index contributed by atoms with van der Waals surface area (Å²) >= 11 is 0. The summed E-state index contributed by atoms with van der Waals surface area (Å²) in [5.74, 6) is -0.991. The van der Waals surface area contributed by atoms with Crippen molar-refractivity contribution in [3.8, 4) is 17.1 Å². The average molecular weight is 302 g/mol. The number of hydrogen-bond acceptors (Lipinski definition) is 4. The molecular formula is C16H12F2N2O2. The van der Waals surface area contributed by atoms with Gasteiger partial charge in [0.15, 0.2) is 18.2 Å². The zero-order chi connectivity index (χ0) is 15.5. The van der Waals surface area contributed by atoms with Crippen molar-refractivity contribution in [3.05, 3.63) is 65.6 Å². The molecule has 2 aromatic carbocycles. The molecular weight excluding hydrogens is 290 g/mol. The van der Waals surface area contributed by atoms with Gasteiger partial charge in [-0.25, -0.2) is 8.78 Å². The number of aryl methyl sites for hydroxylation is 1. The van der Waals surface area contributed by atoms with E-state index in [1.165, 1.54) is 6.07 Å². The highest BCUT2D eigenvalue weighted by Gasteiger charge is 2.11. The number of halogens is 2. The van der Waals surface area contributed by atoms with Gasteiger partial charge in [0, 0.05) is 11.6 Å². The van der Waals surface area contributed by atoms with E-state index < -0.39 is 11.6 Å². The molecule has 22 heavy (non-hydrogen) atoms.